The van der Waals surface area contributed by atoms with Crippen LogP contribution in [-0.4, -0.2) is 0 Å². The third kappa shape index (κ3) is 5.58. The Morgan fingerprint density at radius 2 is 0.826 bits per heavy atom. The number of hydrogen-bond acceptors (Lipinski definition) is 9. The smallest absolute Gasteiger partial charge is 0.192 e. The van der Waals surface area contributed by atoms with Gasteiger partial charge in [0.15, 0.2) is 0 Å². The Balaban J connectivity index is 2.73. The summed E-state index contributed by atoms with van der Waals surface area (Å²) in [7, 11) is 0. The van der Waals surface area contributed by atoms with E-state index in [2.05, 4.69) is 0 Å². The molecule has 3 rings (SSSR count). The number of alkyl halides is 6. The first-order valence-corrected chi connectivity index (χ1v) is 11.8. The van der Waals surface area contributed by atoms with Gasteiger partial charge in [0, 0.05) is 21.6 Å². The van der Waals surface area contributed by atoms with Crippen molar-refractivity contribution < 1.29 is 26.3 Å². The van der Waals surface area contributed by atoms with Crippen LogP contribution in [0.4, 0.5) is 26.3 Å². The van der Waals surface area contributed by atoms with Crippen molar-refractivity contribution in [1.82, 2.24) is 0 Å². The molecule has 0 atom stereocenters. The summed E-state index contributed by atoms with van der Waals surface area (Å²) < 4.78 is 81.1. The molecule has 0 saturated carbocycles. The highest BCUT2D eigenvalue weighted by Crippen LogP contribution is 2.36. The lowest BCUT2D eigenvalue weighted by molar-refractivity contribution is -0.138. The molecule has 46 heavy (non-hydrogen) atoms. The van der Waals surface area contributed by atoms with E-state index in [-0.39, 0.29) is 6.07 Å². The SMILES string of the molecule is N#C/C(c1cc(C#N)c(C(F)(F)F)cc1C#N)=c1/cc(C#N)/c(=C(\C#N)c2cc(C#N)c(C(F)(F)F)cc2C#N)c(C#N)c1C#N. The largest absolute Gasteiger partial charge is 0.417 e. The van der Waals surface area contributed by atoms with Gasteiger partial charge in [0.05, 0.1) is 91.6 Å². The van der Waals surface area contributed by atoms with E-state index in [0.29, 0.717) is 18.2 Å². The Morgan fingerprint density at radius 1 is 0.435 bits per heavy atom. The zero-order valence-electron chi connectivity index (χ0n) is 22.2. The van der Waals surface area contributed by atoms with E-state index >= 15 is 0 Å². The first-order chi connectivity index (χ1) is 21.7. The van der Waals surface area contributed by atoms with Crippen molar-refractivity contribution >= 4 is 11.1 Å². The summed E-state index contributed by atoms with van der Waals surface area (Å²) >= 11 is 0. The fraction of sp³-hybridized carbons (Fsp3) is 0.0645. The molecule has 216 valence electrons. The zero-order valence-corrected chi connectivity index (χ0v) is 22.2. The summed E-state index contributed by atoms with van der Waals surface area (Å²) in [6.45, 7) is 0. The standard InChI is InChI=1S/C31H5F6N9/c32-30(33,34)27-4-15(6-38)20(1-17(27)8-40)23(11-43)22-3-19(10-42)29(26(14-46)24(22)12-44)25(13-45)21-2-18(9-41)28(31(35,36)37)5-16(21)7-39/h1-5H/b23-22+,29-25-. The van der Waals surface area contributed by atoms with Crippen LogP contribution < -0.4 is 10.4 Å². The molecule has 0 spiro atoms. The molecule has 0 fully saturated rings. The Kier molecular flexibility index (Phi) is 8.81. The van der Waals surface area contributed by atoms with Gasteiger partial charge in [-0.25, -0.2) is 0 Å². The maximum absolute atomic E-state index is 13.5. The van der Waals surface area contributed by atoms with Gasteiger partial charge < -0.3 is 0 Å². The molecule has 0 aliphatic carbocycles. The van der Waals surface area contributed by atoms with Crippen LogP contribution in [0.15, 0.2) is 30.3 Å². The van der Waals surface area contributed by atoms with E-state index in [0.717, 1.165) is 6.07 Å². The van der Waals surface area contributed by atoms with Crippen molar-refractivity contribution in [3.05, 3.63) is 102 Å². The van der Waals surface area contributed by atoms with Crippen LogP contribution in [-0.2, 0) is 12.4 Å². The molecule has 0 aliphatic rings. The third-order valence-corrected chi connectivity index (χ3v) is 6.36. The first-order valence-electron chi connectivity index (χ1n) is 11.8. The minimum Gasteiger partial charge on any atom is -0.192 e. The van der Waals surface area contributed by atoms with Crippen LogP contribution in [0.5, 0.6) is 0 Å². The quantitative estimate of drug-likeness (QED) is 0.375. The van der Waals surface area contributed by atoms with Gasteiger partial charge in [-0.05, 0) is 30.3 Å². The van der Waals surface area contributed by atoms with Gasteiger partial charge in [-0.15, -0.1) is 0 Å². The Labute approximate surface area is 253 Å². The number of nitrogens with zero attached hydrogens (tertiary/aromatic N) is 9. The molecule has 0 radical (unpaired) electrons. The fourth-order valence-corrected chi connectivity index (χ4v) is 4.42. The fourth-order valence-electron chi connectivity index (χ4n) is 4.42. The molecule has 15 heteroatoms. The van der Waals surface area contributed by atoms with Crippen LogP contribution in [0.2, 0.25) is 0 Å². The highest BCUT2D eigenvalue weighted by molar-refractivity contribution is 5.86. The van der Waals surface area contributed by atoms with E-state index in [1.165, 1.54) is 24.3 Å². The molecule has 0 aromatic heterocycles. The average Bonchev–Trinajstić information content (AvgIpc) is 3.03. The first kappa shape index (κ1) is 32.9. The minimum absolute atomic E-state index is 0.283. The molecule has 0 aliphatic heterocycles. The molecule has 9 nitrogen and oxygen atoms in total. The summed E-state index contributed by atoms with van der Waals surface area (Å²) in [5.41, 5.74) is -11.6. The van der Waals surface area contributed by atoms with Crippen LogP contribution in [0.25, 0.3) is 11.1 Å². The summed E-state index contributed by atoms with van der Waals surface area (Å²) in [5, 5.41) is 86.7. The van der Waals surface area contributed by atoms with E-state index < -0.39 is 95.1 Å². The Hall–Kier alpha value is -7.61. The van der Waals surface area contributed by atoms with Crippen LogP contribution in [0, 0.1) is 102 Å². The Morgan fingerprint density at radius 3 is 1.15 bits per heavy atom. The van der Waals surface area contributed by atoms with Gasteiger partial charge in [-0.2, -0.15) is 73.7 Å². The van der Waals surface area contributed by atoms with Crippen molar-refractivity contribution in [2.75, 3.05) is 0 Å². The molecule has 0 bridgehead atoms. The van der Waals surface area contributed by atoms with Crippen LogP contribution in [0.1, 0.15) is 61.2 Å². The molecule has 0 N–H and O–H groups in total. The molecular formula is C31H5F6N9. The van der Waals surface area contributed by atoms with Gasteiger partial charge in [0.25, 0.3) is 0 Å². The van der Waals surface area contributed by atoms with Gasteiger partial charge in [-0.1, -0.05) is 0 Å². The second-order valence-corrected chi connectivity index (χ2v) is 8.74. The number of rotatable bonds is 2. The number of hydrogen-bond donors (Lipinski definition) is 0. The van der Waals surface area contributed by atoms with Gasteiger partial charge in [-0.3, -0.25) is 0 Å². The van der Waals surface area contributed by atoms with Gasteiger partial charge in [0.2, 0.25) is 0 Å². The molecule has 0 amide bonds. The normalized spacial score (nSPS) is 11.8. The number of halogens is 6. The summed E-state index contributed by atoms with van der Waals surface area (Å²) in [6.07, 6.45) is -10.2. The predicted molar refractivity (Wildman–Crippen MR) is 138 cm³/mol. The van der Waals surface area contributed by atoms with E-state index in [1.54, 1.807) is 30.3 Å². The van der Waals surface area contributed by atoms with E-state index in [4.69, 9.17) is 0 Å². The third-order valence-electron chi connectivity index (χ3n) is 6.36. The van der Waals surface area contributed by atoms with Crippen molar-refractivity contribution in [3.8, 4) is 54.6 Å². The van der Waals surface area contributed by atoms with Crippen molar-refractivity contribution in [1.29, 1.82) is 47.4 Å². The lowest BCUT2D eigenvalue weighted by Crippen LogP contribution is -2.27. The molecule has 0 unspecified atom stereocenters. The lowest BCUT2D eigenvalue weighted by Gasteiger charge is -2.13. The molecule has 3 aromatic rings. The zero-order chi connectivity index (χ0) is 34.6. The highest BCUT2D eigenvalue weighted by Gasteiger charge is 2.36. The average molecular weight is 617 g/mol. The van der Waals surface area contributed by atoms with Crippen LogP contribution in [0.3, 0.4) is 0 Å². The highest BCUT2D eigenvalue weighted by atomic mass is 19.4. The lowest BCUT2D eigenvalue weighted by atomic mass is 9.87. The topological polar surface area (TPSA) is 214 Å². The number of nitriles is 9. The van der Waals surface area contributed by atoms with Gasteiger partial charge in [0.1, 0.15) is 24.3 Å². The Bertz CT molecular complexity index is 2390. The second-order valence-electron chi connectivity index (χ2n) is 8.74. The summed E-state index contributed by atoms with van der Waals surface area (Å²) in [5.74, 6) is 0. The van der Waals surface area contributed by atoms with E-state index in [9.17, 15) is 73.7 Å². The maximum atomic E-state index is 13.5. The predicted octanol–water partition coefficient (Wildman–Crippen LogP) is 4.27. The summed E-state index contributed by atoms with van der Waals surface area (Å²) in [4.78, 5) is 0. The minimum atomic E-state index is -5.09. The van der Waals surface area contributed by atoms with Crippen molar-refractivity contribution in [3.63, 3.8) is 0 Å². The maximum Gasteiger partial charge on any atom is 0.417 e. The monoisotopic (exact) mass is 617 g/mol. The molecule has 0 heterocycles. The van der Waals surface area contributed by atoms with Crippen molar-refractivity contribution in [2.24, 2.45) is 0 Å². The molecular weight excluding hydrogens is 612 g/mol. The number of benzene rings is 3. The van der Waals surface area contributed by atoms with Gasteiger partial charge >= 0.3 is 12.4 Å². The summed E-state index contributed by atoms with van der Waals surface area (Å²) in [6, 6.07) is 15.9. The molecule has 0 saturated heterocycles. The van der Waals surface area contributed by atoms with E-state index in [1.807, 2.05) is 0 Å². The second kappa shape index (κ2) is 12.3. The van der Waals surface area contributed by atoms with Crippen molar-refractivity contribution in [2.45, 2.75) is 12.4 Å². The molecule has 3 aromatic carbocycles. The van der Waals surface area contributed by atoms with Crippen LogP contribution >= 0.6 is 0 Å².